The highest BCUT2D eigenvalue weighted by Crippen LogP contribution is 2.22. The summed E-state index contributed by atoms with van der Waals surface area (Å²) in [5, 5.41) is 3.33. The second-order valence-electron chi connectivity index (χ2n) is 5.86. The molecule has 1 aliphatic heterocycles. The summed E-state index contributed by atoms with van der Waals surface area (Å²) in [6, 6.07) is 3.46. The van der Waals surface area contributed by atoms with Gasteiger partial charge in [0.15, 0.2) is 0 Å². The third-order valence-corrected chi connectivity index (χ3v) is 4.19. The number of hydrogen-bond donors (Lipinski definition) is 1. The molecule has 1 aromatic heterocycles. The van der Waals surface area contributed by atoms with Crippen LogP contribution in [0.15, 0.2) is 18.3 Å². The summed E-state index contributed by atoms with van der Waals surface area (Å²) in [6.45, 7) is 5.73. The van der Waals surface area contributed by atoms with E-state index >= 15 is 0 Å². The molecule has 0 amide bonds. The minimum Gasteiger partial charge on any atom is -0.311 e. The average Bonchev–Trinajstić information content (AvgIpc) is 2.70. The smallest absolute Gasteiger partial charge is 0.141 e. The molecule has 2 atom stereocenters. The minimum absolute atomic E-state index is 0.179. The fourth-order valence-electron chi connectivity index (χ4n) is 3.13. The third kappa shape index (κ3) is 4.25. The zero-order valence-electron chi connectivity index (χ0n) is 12.6. The van der Waals surface area contributed by atoms with Crippen LogP contribution in [0.25, 0.3) is 0 Å². The molecule has 0 aliphatic carbocycles. The molecule has 1 N–H and O–H groups in total. The second-order valence-corrected chi connectivity index (χ2v) is 5.86. The molecule has 1 fully saturated rings. The molecule has 2 rings (SSSR count). The predicted octanol–water partition coefficient (Wildman–Crippen LogP) is 2.99. The number of nitrogens with zero attached hydrogens (tertiary/aromatic N) is 2. The molecule has 0 radical (unpaired) electrons. The average molecular weight is 279 g/mol. The highest BCUT2D eigenvalue weighted by Gasteiger charge is 2.21. The minimum atomic E-state index is -0.274. The van der Waals surface area contributed by atoms with Gasteiger partial charge in [0, 0.05) is 6.54 Å². The van der Waals surface area contributed by atoms with Crippen molar-refractivity contribution >= 4 is 0 Å². The van der Waals surface area contributed by atoms with Gasteiger partial charge in [-0.2, -0.15) is 0 Å². The largest absolute Gasteiger partial charge is 0.311 e. The topological polar surface area (TPSA) is 28.2 Å². The number of hydrogen-bond acceptors (Lipinski definition) is 3. The van der Waals surface area contributed by atoms with E-state index in [1.54, 1.807) is 6.07 Å². The first-order valence-electron chi connectivity index (χ1n) is 7.72. The van der Waals surface area contributed by atoms with Crippen LogP contribution in [0, 0.1) is 11.7 Å². The Hall–Kier alpha value is -1.00. The summed E-state index contributed by atoms with van der Waals surface area (Å²) in [4.78, 5) is 6.79. The van der Waals surface area contributed by atoms with E-state index in [1.165, 1.54) is 51.0 Å². The quantitative estimate of drug-likeness (QED) is 0.898. The molecular weight excluding hydrogens is 253 g/mol. The van der Waals surface area contributed by atoms with Gasteiger partial charge in [0.1, 0.15) is 5.82 Å². The Morgan fingerprint density at radius 2 is 1.95 bits per heavy atom. The zero-order valence-corrected chi connectivity index (χ0v) is 12.6. The van der Waals surface area contributed by atoms with Crippen LogP contribution in [0.1, 0.15) is 44.3 Å². The van der Waals surface area contributed by atoms with E-state index in [0.717, 1.165) is 12.2 Å². The molecule has 1 saturated heterocycles. The molecule has 0 aromatic carbocycles. The Kier molecular flexibility index (Phi) is 5.92. The van der Waals surface area contributed by atoms with E-state index < -0.39 is 0 Å². The van der Waals surface area contributed by atoms with Crippen molar-refractivity contribution in [3.8, 4) is 0 Å². The van der Waals surface area contributed by atoms with Crippen molar-refractivity contribution in [2.24, 2.45) is 5.92 Å². The van der Waals surface area contributed by atoms with Gasteiger partial charge in [0.2, 0.25) is 0 Å². The SMILES string of the molecule is CNC(c1ccc(F)cn1)C(C)CN1CCCCCC1. The molecule has 112 valence electrons. The lowest BCUT2D eigenvalue weighted by molar-refractivity contribution is 0.219. The normalized spacial score (nSPS) is 20.4. The summed E-state index contributed by atoms with van der Waals surface area (Å²) in [5.74, 6) is 0.180. The Labute approximate surface area is 121 Å². The van der Waals surface area contributed by atoms with Gasteiger partial charge in [-0.1, -0.05) is 19.8 Å². The molecule has 4 heteroatoms. The molecule has 0 spiro atoms. The van der Waals surface area contributed by atoms with Crippen molar-refractivity contribution in [3.05, 3.63) is 29.8 Å². The van der Waals surface area contributed by atoms with E-state index in [9.17, 15) is 4.39 Å². The van der Waals surface area contributed by atoms with Crippen LogP contribution in [0.3, 0.4) is 0 Å². The van der Waals surface area contributed by atoms with Gasteiger partial charge in [-0.25, -0.2) is 4.39 Å². The van der Waals surface area contributed by atoms with Crippen molar-refractivity contribution in [1.82, 2.24) is 15.2 Å². The van der Waals surface area contributed by atoms with Gasteiger partial charge in [-0.05, 0) is 51.0 Å². The van der Waals surface area contributed by atoms with E-state index in [-0.39, 0.29) is 11.9 Å². The molecular formula is C16H26FN3. The van der Waals surface area contributed by atoms with Crippen LogP contribution in [-0.4, -0.2) is 36.6 Å². The van der Waals surface area contributed by atoms with Gasteiger partial charge in [0.25, 0.3) is 0 Å². The van der Waals surface area contributed by atoms with Gasteiger partial charge in [-0.3, -0.25) is 4.98 Å². The summed E-state index contributed by atoms with van der Waals surface area (Å²) in [7, 11) is 1.95. The first kappa shape index (κ1) is 15.4. The van der Waals surface area contributed by atoms with Gasteiger partial charge >= 0.3 is 0 Å². The summed E-state index contributed by atoms with van der Waals surface area (Å²) < 4.78 is 13.0. The molecule has 2 unspecified atom stereocenters. The first-order chi connectivity index (χ1) is 9.70. The number of pyridine rings is 1. The van der Waals surface area contributed by atoms with Crippen molar-refractivity contribution in [1.29, 1.82) is 0 Å². The van der Waals surface area contributed by atoms with Crippen LogP contribution in [0.4, 0.5) is 4.39 Å². The lowest BCUT2D eigenvalue weighted by Gasteiger charge is -2.29. The van der Waals surface area contributed by atoms with Crippen molar-refractivity contribution in [2.45, 2.75) is 38.6 Å². The van der Waals surface area contributed by atoms with Crippen molar-refractivity contribution in [3.63, 3.8) is 0 Å². The molecule has 2 heterocycles. The number of likely N-dealkylation sites (tertiary alicyclic amines) is 1. The van der Waals surface area contributed by atoms with Crippen LogP contribution in [-0.2, 0) is 0 Å². The summed E-state index contributed by atoms with van der Waals surface area (Å²) >= 11 is 0. The van der Waals surface area contributed by atoms with E-state index in [2.05, 4.69) is 22.1 Å². The number of rotatable bonds is 5. The van der Waals surface area contributed by atoms with E-state index in [0.29, 0.717) is 5.92 Å². The highest BCUT2D eigenvalue weighted by molar-refractivity contribution is 5.10. The van der Waals surface area contributed by atoms with Crippen LogP contribution in [0.2, 0.25) is 0 Å². The first-order valence-corrected chi connectivity index (χ1v) is 7.72. The molecule has 1 aromatic rings. The standard InChI is InChI=1S/C16H26FN3/c1-13(12-20-9-5-3-4-6-10-20)16(18-2)15-8-7-14(17)11-19-15/h7-8,11,13,16,18H,3-6,9-10,12H2,1-2H3. The number of aromatic nitrogens is 1. The molecule has 1 aliphatic rings. The van der Waals surface area contributed by atoms with Gasteiger partial charge in [-0.15, -0.1) is 0 Å². The van der Waals surface area contributed by atoms with Crippen LogP contribution in [0.5, 0.6) is 0 Å². The summed E-state index contributed by atoms with van der Waals surface area (Å²) in [5.41, 5.74) is 0.927. The monoisotopic (exact) mass is 279 g/mol. The van der Waals surface area contributed by atoms with E-state index in [4.69, 9.17) is 0 Å². The van der Waals surface area contributed by atoms with Crippen LogP contribution < -0.4 is 5.32 Å². The van der Waals surface area contributed by atoms with Crippen molar-refractivity contribution in [2.75, 3.05) is 26.7 Å². The number of halogens is 1. The fourth-order valence-corrected chi connectivity index (χ4v) is 3.13. The zero-order chi connectivity index (χ0) is 14.4. The summed E-state index contributed by atoms with van der Waals surface area (Å²) in [6.07, 6.45) is 6.65. The maximum Gasteiger partial charge on any atom is 0.141 e. The Balaban J connectivity index is 1.97. The molecule has 0 saturated carbocycles. The van der Waals surface area contributed by atoms with E-state index in [1.807, 2.05) is 7.05 Å². The number of nitrogens with one attached hydrogen (secondary N) is 1. The lowest BCUT2D eigenvalue weighted by Crippen LogP contribution is -2.35. The molecule has 0 bridgehead atoms. The maximum atomic E-state index is 13.0. The maximum absolute atomic E-state index is 13.0. The Morgan fingerprint density at radius 1 is 1.25 bits per heavy atom. The molecule has 3 nitrogen and oxygen atoms in total. The predicted molar refractivity (Wildman–Crippen MR) is 80.1 cm³/mol. The van der Waals surface area contributed by atoms with Crippen molar-refractivity contribution < 1.29 is 4.39 Å². The lowest BCUT2D eigenvalue weighted by atomic mass is 9.97. The highest BCUT2D eigenvalue weighted by atomic mass is 19.1. The Bertz CT molecular complexity index is 385. The second kappa shape index (κ2) is 7.70. The van der Waals surface area contributed by atoms with Gasteiger partial charge < -0.3 is 10.2 Å². The molecule has 20 heavy (non-hydrogen) atoms. The van der Waals surface area contributed by atoms with Crippen LogP contribution >= 0.6 is 0 Å². The van der Waals surface area contributed by atoms with Gasteiger partial charge in [0.05, 0.1) is 17.9 Å². The Morgan fingerprint density at radius 3 is 2.50 bits per heavy atom. The third-order valence-electron chi connectivity index (χ3n) is 4.19. The fraction of sp³-hybridized carbons (Fsp3) is 0.688.